The third-order valence-corrected chi connectivity index (χ3v) is 4.37. The van der Waals surface area contributed by atoms with Gasteiger partial charge >= 0.3 is 11.8 Å². The van der Waals surface area contributed by atoms with Gasteiger partial charge in [0.05, 0.1) is 6.10 Å². The van der Waals surface area contributed by atoms with E-state index in [0.717, 1.165) is 10.9 Å². The normalized spacial score (nSPS) is 15.8. The SMILES string of the molecule is C[C@H](O)CNC(=O)C(=O)N1CCN(C(=O)c2cc3ccccc3[nH]2)CC1. The molecule has 2 heterocycles. The molecule has 1 aromatic carbocycles. The third kappa shape index (κ3) is 3.85. The largest absolute Gasteiger partial charge is 0.392 e. The predicted octanol–water partition coefficient (Wildman–Crippen LogP) is -0.0507. The first-order chi connectivity index (χ1) is 12.5. The first kappa shape index (κ1) is 17.9. The van der Waals surface area contributed by atoms with Crippen molar-refractivity contribution >= 4 is 28.6 Å². The van der Waals surface area contributed by atoms with Gasteiger partial charge in [0, 0.05) is 43.6 Å². The highest BCUT2D eigenvalue weighted by Gasteiger charge is 2.28. The minimum atomic E-state index is -0.735. The van der Waals surface area contributed by atoms with Crippen molar-refractivity contribution in [3.05, 3.63) is 36.0 Å². The van der Waals surface area contributed by atoms with Gasteiger partial charge in [-0.1, -0.05) is 18.2 Å². The lowest BCUT2D eigenvalue weighted by Crippen LogP contribution is -2.54. The highest BCUT2D eigenvalue weighted by Crippen LogP contribution is 2.16. The molecular formula is C18H22N4O4. The van der Waals surface area contributed by atoms with Crippen LogP contribution in [0.25, 0.3) is 10.9 Å². The van der Waals surface area contributed by atoms with Gasteiger partial charge in [-0.25, -0.2) is 0 Å². The molecule has 2 aromatic rings. The number of aliphatic hydroxyl groups is 1. The van der Waals surface area contributed by atoms with Gasteiger partial charge in [-0.15, -0.1) is 0 Å². The van der Waals surface area contributed by atoms with E-state index in [1.54, 1.807) is 4.90 Å². The molecule has 3 amide bonds. The van der Waals surface area contributed by atoms with Crippen LogP contribution in [0.1, 0.15) is 17.4 Å². The summed E-state index contributed by atoms with van der Waals surface area (Å²) in [4.78, 5) is 42.7. The minimum absolute atomic E-state index is 0.0312. The Labute approximate surface area is 150 Å². The van der Waals surface area contributed by atoms with Gasteiger partial charge in [0.1, 0.15) is 5.69 Å². The molecule has 1 aromatic heterocycles. The zero-order valence-corrected chi connectivity index (χ0v) is 14.6. The number of carbonyl (C=O) groups excluding carboxylic acids is 3. The van der Waals surface area contributed by atoms with Crippen LogP contribution in [-0.2, 0) is 9.59 Å². The number of para-hydroxylation sites is 1. The molecule has 1 saturated heterocycles. The Kier molecular flexibility index (Phi) is 5.22. The second kappa shape index (κ2) is 7.57. The van der Waals surface area contributed by atoms with Gasteiger partial charge in [0.25, 0.3) is 5.91 Å². The molecule has 0 radical (unpaired) electrons. The molecule has 1 aliphatic rings. The van der Waals surface area contributed by atoms with Crippen LogP contribution in [0.15, 0.2) is 30.3 Å². The smallest absolute Gasteiger partial charge is 0.312 e. The summed E-state index contributed by atoms with van der Waals surface area (Å²) in [5.74, 6) is -1.49. The van der Waals surface area contributed by atoms with Gasteiger partial charge in [-0.2, -0.15) is 0 Å². The standard InChI is InChI=1S/C18H22N4O4/c1-12(23)11-19-16(24)18(26)22-8-6-21(7-9-22)17(25)15-10-13-4-2-3-5-14(13)20-15/h2-5,10,12,20,23H,6-9,11H2,1H3,(H,19,24)/t12-/m0/s1. The van der Waals surface area contributed by atoms with Crippen LogP contribution in [0.3, 0.4) is 0 Å². The van der Waals surface area contributed by atoms with E-state index in [1.165, 1.54) is 11.8 Å². The lowest BCUT2D eigenvalue weighted by molar-refractivity contribution is -0.146. The average molecular weight is 358 g/mol. The predicted molar refractivity (Wildman–Crippen MR) is 95.5 cm³/mol. The van der Waals surface area contributed by atoms with E-state index in [-0.39, 0.29) is 12.5 Å². The molecule has 3 N–H and O–H groups in total. The lowest BCUT2D eigenvalue weighted by Gasteiger charge is -2.34. The maximum absolute atomic E-state index is 12.6. The molecule has 138 valence electrons. The van der Waals surface area contributed by atoms with Gasteiger partial charge in [0.2, 0.25) is 0 Å². The van der Waals surface area contributed by atoms with Gasteiger partial charge in [0.15, 0.2) is 0 Å². The zero-order chi connectivity index (χ0) is 18.7. The number of amides is 3. The van der Waals surface area contributed by atoms with Crippen LogP contribution >= 0.6 is 0 Å². The number of benzene rings is 1. The van der Waals surface area contributed by atoms with E-state index in [9.17, 15) is 14.4 Å². The highest BCUT2D eigenvalue weighted by atomic mass is 16.3. The zero-order valence-electron chi connectivity index (χ0n) is 14.6. The van der Waals surface area contributed by atoms with Crippen molar-refractivity contribution in [1.29, 1.82) is 0 Å². The molecule has 0 bridgehead atoms. The summed E-state index contributed by atoms with van der Waals surface area (Å²) in [5.41, 5.74) is 1.42. The fourth-order valence-electron chi connectivity index (χ4n) is 2.93. The highest BCUT2D eigenvalue weighted by molar-refractivity contribution is 6.35. The van der Waals surface area contributed by atoms with Crippen LogP contribution in [0, 0.1) is 0 Å². The average Bonchev–Trinajstić information content (AvgIpc) is 3.09. The topological polar surface area (TPSA) is 106 Å². The fourth-order valence-corrected chi connectivity index (χ4v) is 2.93. The number of aliphatic hydroxyl groups excluding tert-OH is 1. The van der Waals surface area contributed by atoms with Gasteiger partial charge in [-0.05, 0) is 19.1 Å². The molecular weight excluding hydrogens is 336 g/mol. The van der Waals surface area contributed by atoms with E-state index in [4.69, 9.17) is 5.11 Å². The number of hydrogen-bond acceptors (Lipinski definition) is 4. The quantitative estimate of drug-likeness (QED) is 0.669. The van der Waals surface area contributed by atoms with Crippen molar-refractivity contribution in [3.63, 3.8) is 0 Å². The van der Waals surface area contributed by atoms with Crippen LogP contribution in [-0.4, -0.2) is 76.4 Å². The summed E-state index contributed by atoms with van der Waals surface area (Å²) in [7, 11) is 0. The van der Waals surface area contributed by atoms with E-state index in [1.807, 2.05) is 30.3 Å². The Morgan fingerprint density at radius 3 is 2.46 bits per heavy atom. The van der Waals surface area contributed by atoms with E-state index >= 15 is 0 Å². The number of hydrogen-bond donors (Lipinski definition) is 3. The molecule has 0 spiro atoms. The van der Waals surface area contributed by atoms with Gasteiger partial charge in [-0.3, -0.25) is 14.4 Å². The van der Waals surface area contributed by atoms with Crippen molar-refractivity contribution < 1.29 is 19.5 Å². The molecule has 1 fully saturated rings. The first-order valence-electron chi connectivity index (χ1n) is 8.58. The third-order valence-electron chi connectivity index (χ3n) is 4.37. The lowest BCUT2D eigenvalue weighted by atomic mass is 10.2. The number of nitrogens with zero attached hydrogens (tertiary/aromatic N) is 2. The molecule has 1 atom stereocenters. The van der Waals surface area contributed by atoms with Crippen LogP contribution in [0.5, 0.6) is 0 Å². The maximum Gasteiger partial charge on any atom is 0.312 e. The number of piperazine rings is 1. The fraction of sp³-hybridized carbons (Fsp3) is 0.389. The second-order valence-corrected chi connectivity index (χ2v) is 6.41. The van der Waals surface area contributed by atoms with Crippen LogP contribution in [0.4, 0.5) is 0 Å². The summed E-state index contributed by atoms with van der Waals surface area (Å²) in [6.45, 7) is 2.88. The molecule has 8 nitrogen and oxygen atoms in total. The van der Waals surface area contributed by atoms with E-state index in [2.05, 4.69) is 10.3 Å². The number of aromatic amines is 1. The molecule has 0 saturated carbocycles. The maximum atomic E-state index is 12.6. The Balaban J connectivity index is 1.56. The summed E-state index contributed by atoms with van der Waals surface area (Å²) in [5, 5.41) is 12.5. The number of rotatable bonds is 3. The number of carbonyl (C=O) groups is 3. The second-order valence-electron chi connectivity index (χ2n) is 6.41. The monoisotopic (exact) mass is 358 g/mol. The summed E-state index contributed by atoms with van der Waals surface area (Å²) in [6, 6.07) is 9.48. The summed E-state index contributed by atoms with van der Waals surface area (Å²) >= 11 is 0. The molecule has 8 heteroatoms. The van der Waals surface area contributed by atoms with Crippen molar-refractivity contribution in [2.45, 2.75) is 13.0 Å². The number of aromatic nitrogens is 1. The Morgan fingerprint density at radius 1 is 1.15 bits per heavy atom. The summed E-state index contributed by atoms with van der Waals surface area (Å²) < 4.78 is 0. The van der Waals surface area contributed by atoms with Crippen molar-refractivity contribution in [3.8, 4) is 0 Å². The van der Waals surface area contributed by atoms with Crippen LogP contribution < -0.4 is 5.32 Å². The Bertz CT molecular complexity index is 788. The van der Waals surface area contributed by atoms with Crippen molar-refractivity contribution in [2.75, 3.05) is 32.7 Å². The summed E-state index contributed by atoms with van der Waals surface area (Å²) in [6.07, 6.45) is -0.711. The molecule has 26 heavy (non-hydrogen) atoms. The number of H-pyrrole nitrogens is 1. The Morgan fingerprint density at radius 2 is 1.81 bits per heavy atom. The Hall–Kier alpha value is -2.87. The van der Waals surface area contributed by atoms with Gasteiger partial charge < -0.3 is 25.2 Å². The molecule has 3 rings (SSSR count). The van der Waals surface area contributed by atoms with E-state index < -0.39 is 17.9 Å². The van der Waals surface area contributed by atoms with E-state index in [0.29, 0.717) is 31.9 Å². The van der Waals surface area contributed by atoms with Crippen molar-refractivity contribution in [1.82, 2.24) is 20.1 Å². The number of fused-ring (bicyclic) bond motifs is 1. The van der Waals surface area contributed by atoms with Crippen LogP contribution in [0.2, 0.25) is 0 Å². The molecule has 0 aliphatic carbocycles. The minimum Gasteiger partial charge on any atom is -0.392 e. The molecule has 1 aliphatic heterocycles. The molecule has 0 unspecified atom stereocenters. The van der Waals surface area contributed by atoms with Crippen molar-refractivity contribution in [2.24, 2.45) is 0 Å². The number of nitrogens with one attached hydrogen (secondary N) is 2. The first-order valence-corrected chi connectivity index (χ1v) is 8.58.